The van der Waals surface area contributed by atoms with Crippen molar-refractivity contribution in [2.75, 3.05) is 6.61 Å². The molecule has 0 aromatic rings. The van der Waals surface area contributed by atoms with Gasteiger partial charge in [0.15, 0.2) is 18.3 Å². The van der Waals surface area contributed by atoms with E-state index in [-0.39, 0.29) is 30.6 Å². The molecule has 2 atom stereocenters. The topological polar surface area (TPSA) is 55.8 Å². The van der Waals surface area contributed by atoms with Gasteiger partial charge in [-0.2, -0.15) is 0 Å². The maximum Gasteiger partial charge on any atom is 0.236 e. The van der Waals surface area contributed by atoms with Crippen molar-refractivity contribution < 1.29 is 19.1 Å². The number of rotatable bonds is 2. The fraction of sp³-hybridized carbons (Fsp3) is 0.600. The van der Waals surface area contributed by atoms with Crippen LogP contribution in [0.25, 0.3) is 0 Å². The molecule has 0 saturated carbocycles. The zero-order valence-electron chi connectivity index (χ0n) is 8.51. The Morgan fingerprint density at radius 3 is 2.93 bits per heavy atom. The van der Waals surface area contributed by atoms with E-state index in [9.17, 15) is 9.59 Å². The Balaban J connectivity index is 2.02. The van der Waals surface area contributed by atoms with Gasteiger partial charge in [-0.05, 0) is 12.5 Å². The summed E-state index contributed by atoms with van der Waals surface area (Å²) in [7, 11) is 0. The van der Waals surface area contributed by atoms with E-state index in [0.717, 1.165) is 6.42 Å². The van der Waals surface area contributed by atoms with E-state index >= 15 is 0 Å². The molecule has 82 valence electrons. The van der Waals surface area contributed by atoms with Crippen molar-refractivity contribution in [2.45, 2.75) is 32.3 Å². The second kappa shape index (κ2) is 4.12. The summed E-state index contributed by atoms with van der Waals surface area (Å²) in [6.45, 7) is 2.31. The summed E-state index contributed by atoms with van der Waals surface area (Å²) in [5.41, 5.74) is 0. The second-order valence-corrected chi connectivity index (χ2v) is 3.52. The van der Waals surface area contributed by atoms with Crippen LogP contribution in [0.5, 0.6) is 0 Å². The van der Waals surface area contributed by atoms with Gasteiger partial charge in [-0.1, -0.05) is 6.92 Å². The number of ketones is 1. The smallest absolute Gasteiger partial charge is 0.236 e. The predicted molar refractivity (Wildman–Crippen MR) is 50.5 cm³/mol. The molecule has 0 bridgehead atoms. The minimum absolute atomic E-state index is 0.0762. The van der Waals surface area contributed by atoms with Crippen LogP contribution in [0.3, 0.4) is 0 Å². The van der Waals surface area contributed by atoms with E-state index in [1.807, 2.05) is 6.92 Å². The standard InChI is InChI=1S/C10H13NO4/c1-2-10-14-6-9(15-10)11-4-3-7(12)5-8(11)13/h3-4,9-10H,2,5-6H2,1H3/t9-,10-/m0/s1. The number of allylic oxidation sites excluding steroid dienone is 1. The van der Waals surface area contributed by atoms with E-state index in [1.165, 1.54) is 17.2 Å². The highest BCUT2D eigenvalue weighted by atomic mass is 16.7. The summed E-state index contributed by atoms with van der Waals surface area (Å²) >= 11 is 0. The van der Waals surface area contributed by atoms with Crippen molar-refractivity contribution in [3.05, 3.63) is 12.3 Å². The van der Waals surface area contributed by atoms with Gasteiger partial charge in [0.05, 0.1) is 13.0 Å². The van der Waals surface area contributed by atoms with Gasteiger partial charge in [0, 0.05) is 6.20 Å². The van der Waals surface area contributed by atoms with E-state index < -0.39 is 0 Å². The summed E-state index contributed by atoms with van der Waals surface area (Å²) in [6, 6.07) is 0. The Morgan fingerprint density at radius 2 is 2.33 bits per heavy atom. The minimum atomic E-state index is -0.383. The van der Waals surface area contributed by atoms with Crippen molar-refractivity contribution in [2.24, 2.45) is 0 Å². The fourth-order valence-electron chi connectivity index (χ4n) is 1.61. The van der Waals surface area contributed by atoms with Crippen molar-refractivity contribution >= 4 is 11.7 Å². The molecule has 0 N–H and O–H groups in total. The molecule has 2 heterocycles. The van der Waals surface area contributed by atoms with E-state index in [2.05, 4.69) is 0 Å². The fourth-order valence-corrected chi connectivity index (χ4v) is 1.61. The number of amides is 1. The minimum Gasteiger partial charge on any atom is -0.348 e. The molecule has 0 aromatic heterocycles. The van der Waals surface area contributed by atoms with Crippen LogP contribution >= 0.6 is 0 Å². The third kappa shape index (κ3) is 2.08. The Bertz CT molecular complexity index is 313. The van der Waals surface area contributed by atoms with Crippen LogP contribution in [0.15, 0.2) is 12.3 Å². The Morgan fingerprint density at radius 1 is 1.53 bits per heavy atom. The van der Waals surface area contributed by atoms with Crippen LogP contribution in [0.2, 0.25) is 0 Å². The second-order valence-electron chi connectivity index (χ2n) is 3.52. The molecule has 15 heavy (non-hydrogen) atoms. The van der Waals surface area contributed by atoms with Crippen molar-refractivity contribution in [1.82, 2.24) is 4.90 Å². The maximum atomic E-state index is 11.5. The normalized spacial score (nSPS) is 31.4. The number of ether oxygens (including phenoxy) is 2. The number of nitrogens with zero attached hydrogens (tertiary/aromatic N) is 1. The molecular weight excluding hydrogens is 198 g/mol. The SMILES string of the molecule is CC[C@H]1OC[C@@H](N2C=CC(=O)CC2=O)O1. The van der Waals surface area contributed by atoms with Crippen LogP contribution in [0.4, 0.5) is 0 Å². The molecule has 2 rings (SSSR count). The van der Waals surface area contributed by atoms with Gasteiger partial charge >= 0.3 is 0 Å². The molecule has 5 heteroatoms. The average molecular weight is 211 g/mol. The van der Waals surface area contributed by atoms with Gasteiger partial charge in [0.1, 0.15) is 0 Å². The third-order valence-corrected chi connectivity index (χ3v) is 2.41. The molecule has 1 amide bonds. The largest absolute Gasteiger partial charge is 0.348 e. The predicted octanol–water partition coefficient (Wildman–Crippen LogP) is 0.411. The highest BCUT2D eigenvalue weighted by molar-refractivity contribution is 6.06. The van der Waals surface area contributed by atoms with Crippen LogP contribution < -0.4 is 0 Å². The summed E-state index contributed by atoms with van der Waals surface area (Å²) in [4.78, 5) is 23.9. The molecule has 0 radical (unpaired) electrons. The van der Waals surface area contributed by atoms with Crippen LogP contribution in [-0.4, -0.2) is 35.7 Å². The zero-order valence-corrected chi connectivity index (χ0v) is 8.51. The lowest BCUT2D eigenvalue weighted by atomic mass is 10.2. The first-order chi connectivity index (χ1) is 7.20. The molecule has 0 spiro atoms. The molecule has 2 aliphatic rings. The Hall–Kier alpha value is -1.20. The molecular formula is C10H13NO4. The maximum absolute atomic E-state index is 11.5. The summed E-state index contributed by atoms with van der Waals surface area (Å²) in [5, 5.41) is 0. The molecule has 1 saturated heterocycles. The quantitative estimate of drug-likeness (QED) is 0.621. The lowest BCUT2D eigenvalue weighted by Crippen LogP contribution is -2.40. The summed E-state index contributed by atoms with van der Waals surface area (Å²) in [5.74, 6) is -0.393. The molecule has 5 nitrogen and oxygen atoms in total. The lowest BCUT2D eigenvalue weighted by Gasteiger charge is -2.25. The Kier molecular flexibility index (Phi) is 2.83. The number of carbonyl (C=O) groups is 2. The summed E-state index contributed by atoms with van der Waals surface area (Å²) < 4.78 is 10.8. The average Bonchev–Trinajstić information content (AvgIpc) is 2.66. The van der Waals surface area contributed by atoms with Gasteiger partial charge in [-0.25, -0.2) is 0 Å². The molecule has 2 aliphatic heterocycles. The summed E-state index contributed by atoms with van der Waals surface area (Å²) in [6.07, 6.45) is 2.92. The third-order valence-electron chi connectivity index (χ3n) is 2.41. The van der Waals surface area contributed by atoms with Crippen molar-refractivity contribution in [3.8, 4) is 0 Å². The molecule has 0 unspecified atom stereocenters. The first-order valence-electron chi connectivity index (χ1n) is 5.00. The first-order valence-corrected chi connectivity index (χ1v) is 5.00. The van der Waals surface area contributed by atoms with Gasteiger partial charge in [0.2, 0.25) is 5.91 Å². The van der Waals surface area contributed by atoms with E-state index in [4.69, 9.17) is 9.47 Å². The molecule has 1 fully saturated rings. The highest BCUT2D eigenvalue weighted by Gasteiger charge is 2.33. The lowest BCUT2D eigenvalue weighted by molar-refractivity contribution is -0.144. The van der Waals surface area contributed by atoms with Gasteiger partial charge in [-0.15, -0.1) is 0 Å². The van der Waals surface area contributed by atoms with E-state index in [0.29, 0.717) is 6.61 Å². The van der Waals surface area contributed by atoms with Crippen molar-refractivity contribution in [3.63, 3.8) is 0 Å². The molecule has 0 aliphatic carbocycles. The van der Waals surface area contributed by atoms with Gasteiger partial charge in [0.25, 0.3) is 0 Å². The van der Waals surface area contributed by atoms with Gasteiger partial charge < -0.3 is 9.47 Å². The van der Waals surface area contributed by atoms with Crippen LogP contribution in [0, 0.1) is 0 Å². The number of hydrogen-bond acceptors (Lipinski definition) is 4. The van der Waals surface area contributed by atoms with Gasteiger partial charge in [-0.3, -0.25) is 14.5 Å². The Labute approximate surface area is 87.6 Å². The van der Waals surface area contributed by atoms with Crippen LogP contribution in [-0.2, 0) is 19.1 Å². The monoisotopic (exact) mass is 211 g/mol. The number of carbonyl (C=O) groups excluding carboxylic acids is 2. The first kappa shape index (κ1) is 10.3. The van der Waals surface area contributed by atoms with E-state index in [1.54, 1.807) is 0 Å². The van der Waals surface area contributed by atoms with Crippen molar-refractivity contribution in [1.29, 1.82) is 0 Å². The number of hydrogen-bond donors (Lipinski definition) is 0. The highest BCUT2D eigenvalue weighted by Crippen LogP contribution is 2.20. The molecule has 0 aromatic carbocycles. The van der Waals surface area contributed by atoms with Crippen LogP contribution in [0.1, 0.15) is 19.8 Å². The zero-order chi connectivity index (χ0) is 10.8.